The minimum atomic E-state index is -0.780. The van der Waals surface area contributed by atoms with Crippen molar-refractivity contribution in [1.82, 2.24) is 9.97 Å². The average Bonchev–Trinajstić information content (AvgIpc) is 2.71. The molecule has 1 saturated carbocycles. The van der Waals surface area contributed by atoms with E-state index in [1.165, 1.54) is 6.20 Å². The summed E-state index contributed by atoms with van der Waals surface area (Å²) in [4.78, 5) is 31.3. The van der Waals surface area contributed by atoms with Crippen molar-refractivity contribution < 1.29 is 19.6 Å². The molecule has 1 aliphatic heterocycles. The van der Waals surface area contributed by atoms with Gasteiger partial charge in [-0.1, -0.05) is 20.3 Å². The van der Waals surface area contributed by atoms with E-state index < -0.39 is 16.3 Å². The molecule has 3 N–H and O–H groups in total. The van der Waals surface area contributed by atoms with Crippen LogP contribution >= 0.6 is 0 Å². The molecule has 166 valence electrons. The van der Waals surface area contributed by atoms with E-state index in [1.807, 2.05) is 6.92 Å². The number of carboxylic acids is 1. The molecule has 0 radical (unpaired) electrons. The van der Waals surface area contributed by atoms with Gasteiger partial charge in [0.2, 0.25) is 11.8 Å². The maximum atomic E-state index is 11.8. The highest BCUT2D eigenvalue weighted by Crippen LogP contribution is 2.44. The molecule has 10 heteroatoms. The van der Waals surface area contributed by atoms with Crippen molar-refractivity contribution in [3.8, 4) is 0 Å². The Morgan fingerprint density at radius 2 is 2.20 bits per heavy atom. The van der Waals surface area contributed by atoms with Crippen molar-refractivity contribution >= 4 is 23.4 Å². The zero-order valence-electron chi connectivity index (χ0n) is 17.8. The van der Waals surface area contributed by atoms with Crippen LogP contribution in [0.25, 0.3) is 0 Å². The number of hydrogen-bond donors (Lipinski definition) is 3. The highest BCUT2D eigenvalue weighted by molar-refractivity contribution is 5.74. The second kappa shape index (κ2) is 9.11. The minimum absolute atomic E-state index is 0.0113. The molecular formula is C20H31N5O5. The normalized spacial score (nSPS) is 31.7. The van der Waals surface area contributed by atoms with Crippen molar-refractivity contribution in [1.29, 1.82) is 0 Å². The Balaban J connectivity index is 1.77. The van der Waals surface area contributed by atoms with Crippen molar-refractivity contribution in [2.24, 2.45) is 17.3 Å². The first kappa shape index (κ1) is 22.2. The van der Waals surface area contributed by atoms with Crippen LogP contribution < -0.4 is 10.6 Å². The molecule has 0 aromatic carbocycles. The highest BCUT2D eigenvalue weighted by Gasteiger charge is 2.45. The molecule has 1 saturated heterocycles. The van der Waals surface area contributed by atoms with Crippen molar-refractivity contribution in [2.75, 3.05) is 23.8 Å². The molecule has 0 spiro atoms. The molecule has 0 amide bonds. The second-order valence-corrected chi connectivity index (χ2v) is 8.72. The third kappa shape index (κ3) is 4.63. The van der Waals surface area contributed by atoms with Crippen molar-refractivity contribution in [2.45, 2.75) is 65.0 Å². The summed E-state index contributed by atoms with van der Waals surface area (Å²) in [7, 11) is 0. The Kier molecular flexibility index (Phi) is 6.74. The van der Waals surface area contributed by atoms with Crippen molar-refractivity contribution in [3.05, 3.63) is 16.3 Å². The van der Waals surface area contributed by atoms with E-state index in [2.05, 4.69) is 27.5 Å². The van der Waals surface area contributed by atoms with Gasteiger partial charge >= 0.3 is 11.7 Å². The fraction of sp³-hybridized carbons (Fsp3) is 0.750. The third-order valence-corrected chi connectivity index (χ3v) is 6.73. The number of carbonyl (C=O) groups is 1. The lowest BCUT2D eigenvalue weighted by Gasteiger charge is -2.41. The fourth-order valence-electron chi connectivity index (χ4n) is 4.57. The van der Waals surface area contributed by atoms with Crippen LogP contribution in [-0.4, -0.2) is 51.3 Å². The van der Waals surface area contributed by atoms with E-state index >= 15 is 0 Å². The Labute approximate surface area is 176 Å². The van der Waals surface area contributed by atoms with Gasteiger partial charge in [0.05, 0.1) is 16.9 Å². The average molecular weight is 421 g/mol. The maximum absolute atomic E-state index is 11.8. The summed E-state index contributed by atoms with van der Waals surface area (Å²) in [5, 5.41) is 27.6. The van der Waals surface area contributed by atoms with Gasteiger partial charge < -0.3 is 20.5 Å². The van der Waals surface area contributed by atoms with Gasteiger partial charge in [0, 0.05) is 18.7 Å². The number of carboxylic acid groups (broad SMARTS) is 1. The molecule has 2 fully saturated rings. The SMILES string of the molecule is CCC1C[C@@H](Nc2nc(N[C@@H]3CCOC[C@H]3C)ncc2[N+](=O)[O-])CC[C@]1(C)C(=O)O. The summed E-state index contributed by atoms with van der Waals surface area (Å²) < 4.78 is 5.45. The van der Waals surface area contributed by atoms with Crippen molar-refractivity contribution in [3.63, 3.8) is 0 Å². The number of rotatable bonds is 7. The van der Waals surface area contributed by atoms with E-state index in [4.69, 9.17) is 4.74 Å². The molecule has 3 rings (SSSR count). The van der Waals surface area contributed by atoms with Crippen LogP contribution in [0.2, 0.25) is 0 Å². The lowest BCUT2D eigenvalue weighted by atomic mass is 9.65. The monoisotopic (exact) mass is 421 g/mol. The largest absolute Gasteiger partial charge is 0.481 e. The molecule has 5 atom stereocenters. The van der Waals surface area contributed by atoms with Crippen LogP contribution in [0.3, 0.4) is 0 Å². The van der Waals surface area contributed by atoms with Crippen LogP contribution in [-0.2, 0) is 9.53 Å². The molecular weight excluding hydrogens is 390 g/mol. The quantitative estimate of drug-likeness (QED) is 0.447. The van der Waals surface area contributed by atoms with Crippen LogP contribution in [0.4, 0.5) is 17.5 Å². The molecule has 1 aliphatic carbocycles. The number of ether oxygens (including phenoxy) is 1. The first-order chi connectivity index (χ1) is 14.2. The summed E-state index contributed by atoms with van der Waals surface area (Å²) >= 11 is 0. The highest BCUT2D eigenvalue weighted by atomic mass is 16.6. The van der Waals surface area contributed by atoms with Gasteiger partial charge in [-0.15, -0.1) is 0 Å². The number of nitrogens with zero attached hydrogens (tertiary/aromatic N) is 3. The Morgan fingerprint density at radius 3 is 2.83 bits per heavy atom. The number of hydrogen-bond acceptors (Lipinski definition) is 8. The van der Waals surface area contributed by atoms with Crippen LogP contribution in [0, 0.1) is 27.4 Å². The lowest BCUT2D eigenvalue weighted by molar-refractivity contribution is -0.384. The Morgan fingerprint density at radius 1 is 1.43 bits per heavy atom. The predicted octanol–water partition coefficient (Wildman–Crippen LogP) is 3.30. The van der Waals surface area contributed by atoms with Gasteiger partial charge in [-0.3, -0.25) is 14.9 Å². The number of nitrogens with one attached hydrogen (secondary N) is 2. The van der Waals surface area contributed by atoms with E-state index in [9.17, 15) is 20.0 Å². The minimum Gasteiger partial charge on any atom is -0.481 e. The summed E-state index contributed by atoms with van der Waals surface area (Å²) in [6.07, 6.45) is 4.53. The van der Waals surface area contributed by atoms with Gasteiger partial charge in [0.1, 0.15) is 6.20 Å². The summed E-state index contributed by atoms with van der Waals surface area (Å²) in [5.74, 6) is 0.0167. The van der Waals surface area contributed by atoms with Gasteiger partial charge in [-0.2, -0.15) is 4.98 Å². The first-order valence-electron chi connectivity index (χ1n) is 10.6. The predicted molar refractivity (Wildman–Crippen MR) is 111 cm³/mol. The lowest BCUT2D eigenvalue weighted by Crippen LogP contribution is -2.44. The van der Waals surface area contributed by atoms with Crippen LogP contribution in [0.5, 0.6) is 0 Å². The first-order valence-corrected chi connectivity index (χ1v) is 10.6. The number of aromatic nitrogens is 2. The molecule has 0 bridgehead atoms. The molecule has 1 unspecified atom stereocenters. The number of aliphatic carboxylic acids is 1. The molecule has 1 aromatic heterocycles. The topological polar surface area (TPSA) is 140 Å². The molecule has 2 aliphatic rings. The van der Waals surface area contributed by atoms with Gasteiger partial charge in [0.25, 0.3) is 0 Å². The van der Waals surface area contributed by atoms with Gasteiger partial charge in [-0.05, 0) is 44.4 Å². The second-order valence-electron chi connectivity index (χ2n) is 8.72. The van der Waals surface area contributed by atoms with Gasteiger partial charge in [-0.25, -0.2) is 4.98 Å². The molecule has 2 heterocycles. The standard InChI is InChI=1S/C20H31N5O5/c1-4-13-9-14(5-7-20(13,3)18(26)27)22-17-16(25(28)29)10-21-19(24-17)23-15-6-8-30-11-12(15)2/h10,12-15H,4-9,11H2,1-3H3,(H,26,27)(H2,21,22,23,24)/t12-,13?,14+,15-,20+/m1/s1. The van der Waals surface area contributed by atoms with E-state index in [-0.39, 0.29) is 35.4 Å². The zero-order chi connectivity index (χ0) is 21.9. The summed E-state index contributed by atoms with van der Waals surface area (Å²) in [6.45, 7) is 7.16. The number of anilines is 2. The molecule has 10 nitrogen and oxygen atoms in total. The molecule has 1 aromatic rings. The van der Waals surface area contributed by atoms with E-state index in [0.29, 0.717) is 38.4 Å². The van der Waals surface area contributed by atoms with E-state index in [1.54, 1.807) is 6.92 Å². The summed E-state index contributed by atoms with van der Waals surface area (Å²) in [6, 6.07) is 0.0642. The van der Waals surface area contributed by atoms with Crippen LogP contribution in [0.15, 0.2) is 6.20 Å². The smallest absolute Gasteiger partial charge is 0.329 e. The Hall–Kier alpha value is -2.49. The summed E-state index contributed by atoms with van der Waals surface area (Å²) in [5.41, 5.74) is -0.948. The number of nitro groups is 1. The van der Waals surface area contributed by atoms with E-state index in [0.717, 1.165) is 12.8 Å². The fourth-order valence-corrected chi connectivity index (χ4v) is 4.57. The Bertz CT molecular complexity index is 791. The third-order valence-electron chi connectivity index (χ3n) is 6.73. The molecule has 30 heavy (non-hydrogen) atoms. The zero-order valence-corrected chi connectivity index (χ0v) is 17.8. The van der Waals surface area contributed by atoms with Crippen LogP contribution in [0.1, 0.15) is 52.9 Å². The van der Waals surface area contributed by atoms with Gasteiger partial charge in [0.15, 0.2) is 0 Å². The maximum Gasteiger partial charge on any atom is 0.329 e.